The lowest BCUT2D eigenvalue weighted by atomic mass is 9.87. The van der Waals surface area contributed by atoms with Crippen LogP contribution in [0.25, 0.3) is 5.69 Å². The van der Waals surface area contributed by atoms with Crippen molar-refractivity contribution in [3.05, 3.63) is 67.7 Å². The van der Waals surface area contributed by atoms with Crippen molar-refractivity contribution >= 4 is 12.2 Å². The Balaban J connectivity index is 1.79. The molecule has 9 heteroatoms. The van der Waals surface area contributed by atoms with E-state index in [-0.39, 0.29) is 17.1 Å². The molecule has 2 N–H and O–H groups in total. The lowest BCUT2D eigenvalue weighted by Gasteiger charge is -2.35. The highest BCUT2D eigenvalue weighted by Crippen LogP contribution is 2.48. The Bertz CT molecular complexity index is 1350. The van der Waals surface area contributed by atoms with Crippen molar-refractivity contribution in [2.45, 2.75) is 19.4 Å². The van der Waals surface area contributed by atoms with Gasteiger partial charge in [0.2, 0.25) is 12.5 Å². The lowest BCUT2D eigenvalue weighted by molar-refractivity contribution is -0.908. The second-order valence-corrected chi connectivity index (χ2v) is 8.53. The van der Waals surface area contributed by atoms with Crippen molar-refractivity contribution in [3.8, 4) is 28.8 Å². The van der Waals surface area contributed by atoms with Gasteiger partial charge in [0.25, 0.3) is 5.56 Å². The van der Waals surface area contributed by atoms with Crippen molar-refractivity contribution in [2.75, 3.05) is 27.5 Å². The topological polar surface area (TPSA) is 93.0 Å². The van der Waals surface area contributed by atoms with Gasteiger partial charge in [-0.1, -0.05) is 12.1 Å². The lowest BCUT2D eigenvalue weighted by Crippen LogP contribution is -3.10. The van der Waals surface area contributed by atoms with E-state index in [2.05, 4.69) is 4.98 Å². The fraction of sp³-hybridized carbons (Fsp3) is 0.304. The van der Waals surface area contributed by atoms with Crippen LogP contribution in [0.5, 0.6) is 23.1 Å². The number of nitrogens with zero attached hydrogens (tertiary/aromatic N) is 1. The van der Waals surface area contributed by atoms with Crippen LogP contribution in [0.3, 0.4) is 0 Å². The molecule has 2 aliphatic heterocycles. The van der Waals surface area contributed by atoms with Crippen LogP contribution < -0.4 is 29.8 Å². The summed E-state index contributed by atoms with van der Waals surface area (Å²) in [6, 6.07) is 8.83. The number of benzene rings is 2. The highest BCUT2D eigenvalue weighted by molar-refractivity contribution is 7.71. The van der Waals surface area contributed by atoms with Gasteiger partial charge >= 0.3 is 0 Å². The number of rotatable bonds is 3. The summed E-state index contributed by atoms with van der Waals surface area (Å²) in [7, 11) is 3.52. The molecule has 0 saturated carbocycles. The number of methoxy groups -OCH3 is 1. The monoisotopic (exact) mass is 453 g/mol. The summed E-state index contributed by atoms with van der Waals surface area (Å²) in [6.45, 7) is 2.78. The van der Waals surface area contributed by atoms with Gasteiger partial charge in [-0.05, 0) is 54.3 Å². The molecular weight excluding hydrogens is 430 g/mol. The number of nitrogens with one attached hydrogen (secondary N) is 2. The largest absolute Gasteiger partial charge is 0.859 e. The molecule has 0 amide bonds. The minimum atomic E-state index is -0.550. The Morgan fingerprint density at radius 3 is 2.84 bits per heavy atom. The molecule has 1 unspecified atom stereocenters. The van der Waals surface area contributed by atoms with Gasteiger partial charge in [0.05, 0.1) is 31.8 Å². The quantitative estimate of drug-likeness (QED) is 0.579. The van der Waals surface area contributed by atoms with Gasteiger partial charge in [-0.15, -0.1) is 0 Å². The first kappa shape index (κ1) is 20.6. The summed E-state index contributed by atoms with van der Waals surface area (Å²) in [4.78, 5) is 16.9. The molecule has 8 nitrogen and oxygen atoms in total. The van der Waals surface area contributed by atoms with Crippen molar-refractivity contribution < 1.29 is 24.2 Å². The summed E-state index contributed by atoms with van der Waals surface area (Å²) in [5.74, 6) is 1.19. The van der Waals surface area contributed by atoms with Crippen molar-refractivity contribution in [3.63, 3.8) is 0 Å². The van der Waals surface area contributed by atoms with E-state index in [0.29, 0.717) is 22.9 Å². The predicted octanol–water partition coefficient (Wildman–Crippen LogP) is 1.17. The number of aryl methyl sites for hydroxylation is 1. The fourth-order valence-corrected chi connectivity index (χ4v) is 4.98. The van der Waals surface area contributed by atoms with E-state index >= 15 is 0 Å². The smallest absolute Gasteiger partial charge is 0.260 e. The Hall–Kier alpha value is -3.30. The van der Waals surface area contributed by atoms with Crippen molar-refractivity contribution in [1.82, 2.24) is 9.55 Å². The summed E-state index contributed by atoms with van der Waals surface area (Å²) < 4.78 is 18.4. The van der Waals surface area contributed by atoms with E-state index < -0.39 is 17.5 Å². The number of hydrogen-bond donors (Lipinski definition) is 2. The molecule has 0 aliphatic carbocycles. The SMILES string of the molecule is COc1c2c(cc3c1[C@H](c1c([O-])n(-c4cccc(C)c4)c(=S)[nH]c1=O)[NH+](C)CC3)OCO2. The van der Waals surface area contributed by atoms with Gasteiger partial charge in [0, 0.05) is 12.1 Å². The van der Waals surface area contributed by atoms with Gasteiger partial charge in [0.1, 0.15) is 6.04 Å². The third-order valence-electron chi connectivity index (χ3n) is 6.17. The molecule has 0 saturated heterocycles. The molecule has 0 radical (unpaired) electrons. The van der Waals surface area contributed by atoms with Gasteiger partial charge in [-0.2, -0.15) is 0 Å². The number of aromatic amines is 1. The molecule has 5 rings (SSSR count). The molecule has 1 aromatic heterocycles. The molecule has 0 spiro atoms. The normalized spacial score (nSPS) is 19.0. The standard InChI is InChI=1S/C23H23N3O5S/c1-12-5-4-6-14(9-12)26-22(28)17(21(27)24-23(26)32)18-16-13(7-8-25(18)2)10-15-19(20(16)29-3)31-11-30-15/h4-6,9-10,18,28H,7-8,11H2,1-3H3,(H,24,27,32)/t18-/m1/s1. The maximum absolute atomic E-state index is 13.8. The Labute approximate surface area is 189 Å². The molecule has 2 aromatic carbocycles. The van der Waals surface area contributed by atoms with Gasteiger partial charge < -0.3 is 28.8 Å². The number of hydrogen-bond acceptors (Lipinski definition) is 6. The van der Waals surface area contributed by atoms with E-state index in [1.807, 2.05) is 38.2 Å². The van der Waals surface area contributed by atoms with Crippen LogP contribution >= 0.6 is 12.2 Å². The molecule has 3 heterocycles. The Morgan fingerprint density at radius 2 is 2.09 bits per heavy atom. The Kier molecular flexibility index (Phi) is 4.94. The molecular formula is C23H23N3O5S. The van der Waals surface area contributed by atoms with Gasteiger partial charge in [0.15, 0.2) is 16.3 Å². The summed E-state index contributed by atoms with van der Waals surface area (Å²) in [5, 5.41) is 13.8. The van der Waals surface area contributed by atoms with Crippen LogP contribution in [-0.4, -0.2) is 37.0 Å². The maximum atomic E-state index is 13.8. The highest BCUT2D eigenvalue weighted by atomic mass is 32.1. The molecule has 2 atom stereocenters. The number of likely N-dealkylation sites (N-methyl/N-ethyl adjacent to an activating group) is 1. The molecule has 3 aromatic rings. The van der Waals surface area contributed by atoms with Crippen LogP contribution in [0.1, 0.15) is 28.3 Å². The average Bonchev–Trinajstić information content (AvgIpc) is 3.21. The third kappa shape index (κ3) is 3.08. The number of quaternary nitrogens is 1. The predicted molar refractivity (Wildman–Crippen MR) is 118 cm³/mol. The number of ether oxygens (including phenoxy) is 3. The zero-order chi connectivity index (χ0) is 22.6. The summed E-state index contributed by atoms with van der Waals surface area (Å²) in [5.41, 5.74) is 2.98. The summed E-state index contributed by atoms with van der Waals surface area (Å²) in [6.07, 6.45) is 0.758. The molecule has 0 fully saturated rings. The first-order valence-corrected chi connectivity index (χ1v) is 10.8. The average molecular weight is 454 g/mol. The van der Waals surface area contributed by atoms with Crippen molar-refractivity contribution in [1.29, 1.82) is 0 Å². The Morgan fingerprint density at radius 1 is 1.28 bits per heavy atom. The third-order valence-corrected chi connectivity index (χ3v) is 6.45. The van der Waals surface area contributed by atoms with E-state index in [1.165, 1.54) is 4.57 Å². The second-order valence-electron chi connectivity index (χ2n) is 8.15. The zero-order valence-electron chi connectivity index (χ0n) is 18.0. The number of fused-ring (bicyclic) bond motifs is 2. The van der Waals surface area contributed by atoms with E-state index in [0.717, 1.165) is 34.6 Å². The molecule has 0 bridgehead atoms. The minimum absolute atomic E-state index is 0.0701. The zero-order valence-corrected chi connectivity index (χ0v) is 18.8. The van der Waals surface area contributed by atoms with E-state index in [9.17, 15) is 9.90 Å². The molecule has 32 heavy (non-hydrogen) atoms. The van der Waals surface area contributed by atoms with E-state index in [1.54, 1.807) is 13.2 Å². The fourth-order valence-electron chi connectivity index (χ4n) is 4.70. The number of aromatic nitrogens is 2. The highest BCUT2D eigenvalue weighted by Gasteiger charge is 2.39. The van der Waals surface area contributed by atoms with Crippen LogP contribution in [0.4, 0.5) is 0 Å². The molecule has 166 valence electrons. The number of H-pyrrole nitrogens is 1. The van der Waals surface area contributed by atoms with Crippen LogP contribution in [0.15, 0.2) is 35.1 Å². The second kappa shape index (κ2) is 7.68. The van der Waals surface area contributed by atoms with Crippen LogP contribution in [0.2, 0.25) is 0 Å². The minimum Gasteiger partial charge on any atom is -0.859 e. The van der Waals surface area contributed by atoms with Crippen LogP contribution in [-0.2, 0) is 6.42 Å². The van der Waals surface area contributed by atoms with Gasteiger partial charge in [-0.25, -0.2) is 0 Å². The van der Waals surface area contributed by atoms with E-state index in [4.69, 9.17) is 26.4 Å². The maximum Gasteiger partial charge on any atom is 0.260 e. The molecule has 2 aliphatic rings. The first-order chi connectivity index (χ1) is 15.4. The first-order valence-electron chi connectivity index (χ1n) is 10.4. The van der Waals surface area contributed by atoms with Gasteiger partial charge in [-0.3, -0.25) is 9.78 Å². The summed E-state index contributed by atoms with van der Waals surface area (Å²) >= 11 is 5.37. The van der Waals surface area contributed by atoms with Crippen molar-refractivity contribution in [2.24, 2.45) is 0 Å². The van der Waals surface area contributed by atoms with Crippen LogP contribution in [0, 0.1) is 11.7 Å².